The van der Waals surface area contributed by atoms with E-state index in [9.17, 15) is 15.0 Å². The van der Waals surface area contributed by atoms with Gasteiger partial charge in [0.25, 0.3) is 0 Å². The molecule has 4 heterocycles. The maximum atomic E-state index is 11.7. The molecule has 1 atom stereocenters. The predicted molar refractivity (Wildman–Crippen MR) is 145 cm³/mol. The van der Waals surface area contributed by atoms with Crippen molar-refractivity contribution in [2.45, 2.75) is 31.8 Å². The highest BCUT2D eigenvalue weighted by Crippen LogP contribution is 2.43. The maximum absolute atomic E-state index is 11.7. The highest BCUT2D eigenvalue weighted by Gasteiger charge is 2.39. The fourth-order valence-electron chi connectivity index (χ4n) is 4.89. The molecule has 1 aliphatic rings. The van der Waals surface area contributed by atoms with Crippen molar-refractivity contribution in [3.63, 3.8) is 0 Å². The van der Waals surface area contributed by atoms with E-state index in [2.05, 4.69) is 25.5 Å². The van der Waals surface area contributed by atoms with E-state index in [4.69, 9.17) is 4.98 Å². The Morgan fingerprint density at radius 1 is 1.08 bits per heavy atom. The number of hydrogen-bond acceptors (Lipinski definition) is 8. The fraction of sp³-hybridized carbons (Fsp3) is 0.179. The molecule has 38 heavy (non-hydrogen) atoms. The zero-order valence-corrected chi connectivity index (χ0v) is 21.3. The lowest BCUT2D eigenvalue weighted by Gasteiger charge is -2.33. The first-order valence-corrected chi connectivity index (χ1v) is 13.0. The molecule has 0 fully saturated rings. The van der Waals surface area contributed by atoms with Gasteiger partial charge in [-0.1, -0.05) is 6.07 Å². The number of aromatic amines is 1. The van der Waals surface area contributed by atoms with Gasteiger partial charge in [-0.15, -0.1) is 11.3 Å². The van der Waals surface area contributed by atoms with Crippen LogP contribution in [0.4, 0.5) is 11.6 Å². The number of nitrogens with one attached hydrogen (secondary N) is 2. The van der Waals surface area contributed by atoms with E-state index >= 15 is 0 Å². The molecule has 0 bridgehead atoms. The number of aliphatic hydroxyl groups is 1. The molecule has 5 aromatic rings. The average molecular weight is 525 g/mol. The highest BCUT2D eigenvalue weighted by atomic mass is 32.1. The molecule has 0 radical (unpaired) electrons. The molecular weight excluding hydrogens is 500 g/mol. The van der Waals surface area contributed by atoms with Crippen molar-refractivity contribution in [1.82, 2.24) is 25.1 Å². The van der Waals surface area contributed by atoms with Gasteiger partial charge < -0.3 is 15.5 Å². The van der Waals surface area contributed by atoms with Gasteiger partial charge >= 0.3 is 5.97 Å². The summed E-state index contributed by atoms with van der Waals surface area (Å²) in [5.41, 5.74) is 4.22. The van der Waals surface area contributed by atoms with Gasteiger partial charge in [0, 0.05) is 24.2 Å². The molecule has 1 aliphatic carbocycles. The van der Waals surface area contributed by atoms with Gasteiger partial charge in [0.15, 0.2) is 0 Å². The van der Waals surface area contributed by atoms with Gasteiger partial charge in [-0.2, -0.15) is 5.10 Å². The van der Waals surface area contributed by atoms with Crippen molar-refractivity contribution < 1.29 is 15.0 Å². The molecule has 1 aromatic carbocycles. The number of nitrogens with zero attached hydrogens (tertiary/aromatic N) is 4. The second kappa shape index (κ2) is 9.47. The van der Waals surface area contributed by atoms with Crippen molar-refractivity contribution in [3.05, 3.63) is 94.5 Å². The van der Waals surface area contributed by atoms with Crippen molar-refractivity contribution in [1.29, 1.82) is 0 Å². The Morgan fingerprint density at radius 2 is 1.97 bits per heavy atom. The lowest BCUT2D eigenvalue weighted by molar-refractivity contribution is 0.0607. The van der Waals surface area contributed by atoms with E-state index in [1.807, 2.05) is 37.4 Å². The lowest BCUT2D eigenvalue weighted by Crippen LogP contribution is -2.32. The highest BCUT2D eigenvalue weighted by molar-refractivity contribution is 7.15. The average Bonchev–Trinajstić information content (AvgIpc) is 3.62. The van der Waals surface area contributed by atoms with E-state index in [0.29, 0.717) is 23.1 Å². The normalized spacial score (nSPS) is 16.7. The number of aromatic nitrogens is 5. The van der Waals surface area contributed by atoms with Crippen LogP contribution in [0.25, 0.3) is 21.7 Å². The van der Waals surface area contributed by atoms with E-state index < -0.39 is 11.6 Å². The summed E-state index contributed by atoms with van der Waals surface area (Å²) < 4.78 is 0. The number of aryl methyl sites for hydroxylation is 2. The topological polar surface area (TPSA) is 137 Å². The number of thiazole rings is 1. The van der Waals surface area contributed by atoms with Crippen LogP contribution < -0.4 is 5.32 Å². The molecule has 6 rings (SSSR count). The van der Waals surface area contributed by atoms with Crippen molar-refractivity contribution in [3.8, 4) is 21.7 Å². The number of carbonyl (C=O) groups is 1. The molecule has 0 saturated heterocycles. The van der Waals surface area contributed by atoms with Gasteiger partial charge in [0.1, 0.15) is 22.2 Å². The second-order valence-electron chi connectivity index (χ2n) is 9.38. The third-order valence-electron chi connectivity index (χ3n) is 6.71. The molecule has 0 amide bonds. The summed E-state index contributed by atoms with van der Waals surface area (Å²) in [6.45, 7) is 2.00. The number of rotatable bonds is 6. The van der Waals surface area contributed by atoms with Gasteiger partial charge in [-0.3, -0.25) is 5.10 Å². The smallest absolute Gasteiger partial charge is 0.335 e. The van der Waals surface area contributed by atoms with E-state index in [-0.39, 0.29) is 5.56 Å². The number of anilines is 2. The Balaban J connectivity index is 1.30. The summed E-state index contributed by atoms with van der Waals surface area (Å²) in [4.78, 5) is 26.1. The summed E-state index contributed by atoms with van der Waals surface area (Å²) >= 11 is 1.40. The first-order valence-electron chi connectivity index (χ1n) is 12.2. The number of hydrogen-bond donors (Lipinski definition) is 4. The predicted octanol–water partition coefficient (Wildman–Crippen LogP) is 5.31. The molecule has 190 valence electrons. The third kappa shape index (κ3) is 4.44. The Hall–Kier alpha value is -4.41. The zero-order valence-electron chi connectivity index (χ0n) is 20.5. The summed E-state index contributed by atoms with van der Waals surface area (Å²) in [7, 11) is 0. The quantitative estimate of drug-likeness (QED) is 0.234. The van der Waals surface area contributed by atoms with Crippen molar-refractivity contribution in [2.24, 2.45) is 0 Å². The van der Waals surface area contributed by atoms with Gasteiger partial charge in [0.2, 0.25) is 0 Å². The van der Waals surface area contributed by atoms with Crippen LogP contribution in [0.5, 0.6) is 0 Å². The van der Waals surface area contributed by atoms with Gasteiger partial charge in [0.05, 0.1) is 22.3 Å². The molecule has 0 spiro atoms. The molecule has 9 nitrogen and oxygen atoms in total. The van der Waals surface area contributed by atoms with Crippen LogP contribution in [0, 0.1) is 6.92 Å². The van der Waals surface area contributed by atoms with E-state index in [0.717, 1.165) is 51.2 Å². The largest absolute Gasteiger partial charge is 0.478 e. The van der Waals surface area contributed by atoms with Crippen LogP contribution in [0.3, 0.4) is 0 Å². The number of aromatic carboxylic acids is 1. The summed E-state index contributed by atoms with van der Waals surface area (Å²) in [5.74, 6) is 0.332. The number of carboxylic acid groups (broad SMARTS) is 1. The number of benzene rings is 1. The van der Waals surface area contributed by atoms with Crippen LogP contribution in [0.1, 0.15) is 44.9 Å². The SMILES string of the molecule is Cc1cc(Nc2cc(-c3cn[nH]c3)ccn2)nc(-c2cnc([C@@]3(O)CCCc4cc(C(=O)O)ccc43)s2)c1. The third-order valence-corrected chi connectivity index (χ3v) is 7.88. The maximum Gasteiger partial charge on any atom is 0.335 e. The monoisotopic (exact) mass is 524 g/mol. The van der Waals surface area contributed by atoms with Gasteiger partial charge in [-0.25, -0.2) is 19.7 Å². The molecule has 0 unspecified atom stereocenters. The Morgan fingerprint density at radius 3 is 2.79 bits per heavy atom. The minimum Gasteiger partial charge on any atom is -0.478 e. The standard InChI is InChI=1S/C28H24N6O3S/c1-16-9-22(33-25(10-16)34-24-12-17(6-8-29-24)20-13-31-32-14-20)23-15-30-27(38-23)28(37)7-2-3-18-11-19(26(35)36)4-5-21(18)28/h4-6,8-15,37H,2-3,7H2,1H3,(H,31,32)(H,35,36)(H,29,33,34)/t28-/m1/s1. The van der Waals surface area contributed by atoms with Crippen molar-refractivity contribution in [2.75, 3.05) is 5.32 Å². The minimum atomic E-state index is -1.27. The van der Waals surface area contributed by atoms with Crippen LogP contribution in [-0.4, -0.2) is 41.3 Å². The first-order chi connectivity index (χ1) is 18.4. The Labute approximate surface area is 222 Å². The Kier molecular flexibility index (Phi) is 5.97. The molecule has 0 aliphatic heterocycles. The lowest BCUT2D eigenvalue weighted by atomic mass is 9.79. The number of fused-ring (bicyclic) bond motifs is 1. The molecule has 10 heteroatoms. The fourth-order valence-corrected chi connectivity index (χ4v) is 5.90. The van der Waals surface area contributed by atoms with E-state index in [1.54, 1.807) is 36.8 Å². The van der Waals surface area contributed by atoms with Gasteiger partial charge in [-0.05, 0) is 84.8 Å². The number of pyridine rings is 2. The molecule has 0 saturated carbocycles. The molecule has 4 N–H and O–H groups in total. The number of H-pyrrole nitrogens is 1. The van der Waals surface area contributed by atoms with Crippen LogP contribution in [0.2, 0.25) is 0 Å². The van der Waals surface area contributed by atoms with Crippen LogP contribution >= 0.6 is 11.3 Å². The van der Waals surface area contributed by atoms with Crippen LogP contribution in [0.15, 0.2) is 67.3 Å². The summed E-state index contributed by atoms with van der Waals surface area (Å²) in [5, 5.41) is 31.8. The van der Waals surface area contributed by atoms with E-state index in [1.165, 1.54) is 11.3 Å². The first kappa shape index (κ1) is 24.0. The van der Waals surface area contributed by atoms with Crippen LogP contribution in [-0.2, 0) is 12.0 Å². The summed E-state index contributed by atoms with van der Waals surface area (Å²) in [6.07, 6.45) is 9.04. The zero-order chi connectivity index (χ0) is 26.3. The Bertz CT molecular complexity index is 1650. The van der Waals surface area contributed by atoms with Crippen molar-refractivity contribution >= 4 is 28.9 Å². The molecular formula is C28H24N6O3S. The second-order valence-corrected chi connectivity index (χ2v) is 10.4. The molecule has 4 aromatic heterocycles. The minimum absolute atomic E-state index is 0.224. The summed E-state index contributed by atoms with van der Waals surface area (Å²) in [6, 6.07) is 12.7. The number of carboxylic acids is 1.